The van der Waals surface area contributed by atoms with Gasteiger partial charge in [0, 0.05) is 54.7 Å². The van der Waals surface area contributed by atoms with Crippen LogP contribution in [0.15, 0.2) is 72.8 Å². The predicted molar refractivity (Wildman–Crippen MR) is 178 cm³/mol. The van der Waals surface area contributed by atoms with Gasteiger partial charge in [0.25, 0.3) is 5.91 Å². The van der Waals surface area contributed by atoms with Crippen molar-refractivity contribution in [2.75, 3.05) is 58.6 Å². The van der Waals surface area contributed by atoms with Gasteiger partial charge in [0.15, 0.2) is 0 Å². The van der Waals surface area contributed by atoms with Gasteiger partial charge in [0.1, 0.15) is 6.61 Å². The van der Waals surface area contributed by atoms with Crippen LogP contribution in [0.1, 0.15) is 27.9 Å². The van der Waals surface area contributed by atoms with E-state index in [9.17, 15) is 23.2 Å². The number of anilines is 2. The standard InChI is InChI=1S/C34H39F2N7O7/c1-43-41-31(40-42-43)28-22-25(32(45)38-16-19-49-21-20-48-18-15-37-30(44)14-17-47-2)8-13-29(28)39-27-11-9-26(10-12-27)34(35,36)33(46)50-23-24-6-4-3-5-7-24/h3-13,22,39H,14-21,23H2,1-2H3,(H,37,44)(H,38,45). The van der Waals surface area contributed by atoms with Crippen LogP contribution >= 0.6 is 0 Å². The number of nitrogens with zero attached hydrogens (tertiary/aromatic N) is 4. The summed E-state index contributed by atoms with van der Waals surface area (Å²) in [5, 5.41) is 20.8. The number of hydrogen-bond donors (Lipinski definition) is 3. The Balaban J connectivity index is 1.28. The number of hydrogen-bond acceptors (Lipinski definition) is 11. The molecule has 0 fully saturated rings. The highest BCUT2D eigenvalue weighted by molar-refractivity contribution is 5.97. The Hall–Kier alpha value is -5.32. The molecule has 0 saturated heterocycles. The molecule has 0 saturated carbocycles. The van der Waals surface area contributed by atoms with Gasteiger partial charge in [-0.05, 0) is 41.1 Å². The van der Waals surface area contributed by atoms with E-state index in [1.165, 1.54) is 24.0 Å². The number of carbonyl (C=O) groups is 3. The SMILES string of the molecule is COCCC(=O)NCCOCCOCCNC(=O)c1ccc(Nc2ccc(C(F)(F)C(=O)OCc3ccccc3)cc2)c(-c2nnn(C)n2)c1. The third kappa shape index (κ3) is 11.4. The Bertz CT molecular complexity index is 1690. The van der Waals surface area contributed by atoms with Gasteiger partial charge in [0.2, 0.25) is 11.7 Å². The van der Waals surface area contributed by atoms with E-state index in [1.807, 2.05) is 0 Å². The lowest BCUT2D eigenvalue weighted by atomic mass is 10.1. The highest BCUT2D eigenvalue weighted by Gasteiger charge is 2.42. The topological polar surface area (TPSA) is 168 Å². The molecule has 14 nitrogen and oxygen atoms in total. The number of tetrazole rings is 1. The first-order chi connectivity index (χ1) is 24.2. The van der Waals surface area contributed by atoms with Gasteiger partial charge in [0.05, 0.1) is 40.1 Å². The van der Waals surface area contributed by atoms with E-state index in [0.29, 0.717) is 67.5 Å². The van der Waals surface area contributed by atoms with E-state index in [2.05, 4.69) is 31.4 Å². The predicted octanol–water partition coefficient (Wildman–Crippen LogP) is 3.37. The van der Waals surface area contributed by atoms with Crippen LogP contribution in [-0.2, 0) is 48.1 Å². The van der Waals surface area contributed by atoms with Crippen molar-refractivity contribution >= 4 is 29.2 Å². The van der Waals surface area contributed by atoms with E-state index in [4.69, 9.17) is 18.9 Å². The smallest absolute Gasteiger partial charge is 0.382 e. The number of benzene rings is 3. The second-order valence-electron chi connectivity index (χ2n) is 10.8. The fourth-order valence-electron chi connectivity index (χ4n) is 4.43. The number of amides is 2. The largest absolute Gasteiger partial charge is 0.456 e. The Morgan fingerprint density at radius 2 is 1.56 bits per heavy atom. The average molecular weight is 696 g/mol. The normalized spacial score (nSPS) is 11.2. The molecule has 2 amide bonds. The van der Waals surface area contributed by atoms with Crippen molar-refractivity contribution in [3.63, 3.8) is 0 Å². The minimum Gasteiger partial charge on any atom is -0.456 e. The zero-order valence-electron chi connectivity index (χ0n) is 27.7. The van der Waals surface area contributed by atoms with Crippen LogP contribution in [0.2, 0.25) is 0 Å². The first-order valence-corrected chi connectivity index (χ1v) is 15.7. The first-order valence-electron chi connectivity index (χ1n) is 15.7. The van der Waals surface area contributed by atoms with Crippen molar-refractivity contribution in [3.05, 3.63) is 89.5 Å². The molecule has 1 aromatic heterocycles. The van der Waals surface area contributed by atoms with E-state index in [-0.39, 0.29) is 37.4 Å². The quantitative estimate of drug-likeness (QED) is 0.0916. The zero-order valence-corrected chi connectivity index (χ0v) is 27.7. The molecule has 0 radical (unpaired) electrons. The van der Waals surface area contributed by atoms with Crippen LogP contribution in [0.3, 0.4) is 0 Å². The molecule has 1 heterocycles. The summed E-state index contributed by atoms with van der Waals surface area (Å²) in [7, 11) is 3.13. The molecule has 3 aromatic carbocycles. The molecule has 0 unspecified atom stereocenters. The third-order valence-corrected chi connectivity index (χ3v) is 7.03. The van der Waals surface area contributed by atoms with Crippen LogP contribution in [0, 0.1) is 0 Å². The summed E-state index contributed by atoms with van der Waals surface area (Å²) in [6, 6.07) is 18.4. The van der Waals surface area contributed by atoms with Gasteiger partial charge in [-0.1, -0.05) is 42.5 Å². The third-order valence-electron chi connectivity index (χ3n) is 7.03. The summed E-state index contributed by atoms with van der Waals surface area (Å²) in [5.74, 6) is -5.76. The number of carbonyl (C=O) groups excluding carboxylic acids is 3. The molecular formula is C34H39F2N7O7. The van der Waals surface area contributed by atoms with Gasteiger partial charge in [-0.3, -0.25) is 9.59 Å². The molecule has 0 bridgehead atoms. The van der Waals surface area contributed by atoms with Gasteiger partial charge >= 0.3 is 11.9 Å². The van der Waals surface area contributed by atoms with Crippen LogP contribution in [-0.4, -0.2) is 91.2 Å². The summed E-state index contributed by atoms with van der Waals surface area (Å²) >= 11 is 0. The summed E-state index contributed by atoms with van der Waals surface area (Å²) < 4.78 is 50.4. The molecule has 50 heavy (non-hydrogen) atoms. The molecule has 0 aliphatic carbocycles. The Morgan fingerprint density at radius 1 is 0.860 bits per heavy atom. The lowest BCUT2D eigenvalue weighted by molar-refractivity contribution is -0.175. The molecule has 3 N–H and O–H groups in total. The van der Waals surface area contributed by atoms with E-state index in [1.54, 1.807) is 55.6 Å². The molecule has 4 aromatic rings. The fourth-order valence-corrected chi connectivity index (χ4v) is 4.43. The molecular weight excluding hydrogens is 656 g/mol. The number of ether oxygens (including phenoxy) is 4. The minimum atomic E-state index is -3.86. The summed E-state index contributed by atoms with van der Waals surface area (Å²) in [5.41, 5.74) is 1.73. The molecule has 0 aliphatic heterocycles. The number of aryl methyl sites for hydroxylation is 1. The Kier molecular flexibility index (Phi) is 14.3. The Labute approximate surface area is 287 Å². The van der Waals surface area contributed by atoms with Crippen LogP contribution < -0.4 is 16.0 Å². The number of alkyl halides is 2. The van der Waals surface area contributed by atoms with Crippen LogP contribution in [0.5, 0.6) is 0 Å². The molecule has 4 rings (SSSR count). The zero-order chi connectivity index (χ0) is 35.8. The second-order valence-corrected chi connectivity index (χ2v) is 10.8. The van der Waals surface area contributed by atoms with Gasteiger partial charge < -0.3 is 34.9 Å². The maximum atomic E-state index is 14.9. The second kappa shape index (κ2) is 19.0. The lowest BCUT2D eigenvalue weighted by Gasteiger charge is -2.17. The maximum Gasteiger partial charge on any atom is 0.382 e. The van der Waals surface area contributed by atoms with Crippen LogP contribution in [0.25, 0.3) is 11.4 Å². The van der Waals surface area contributed by atoms with Gasteiger partial charge in [-0.25, -0.2) is 4.79 Å². The minimum absolute atomic E-state index is 0.106. The van der Waals surface area contributed by atoms with Crippen molar-refractivity contribution in [2.45, 2.75) is 19.0 Å². The number of methoxy groups -OCH3 is 1. The number of halogens is 2. The van der Waals surface area contributed by atoms with Crippen molar-refractivity contribution in [1.29, 1.82) is 0 Å². The number of rotatable bonds is 20. The number of nitrogens with one attached hydrogen (secondary N) is 3. The monoisotopic (exact) mass is 695 g/mol. The van der Waals surface area contributed by atoms with Gasteiger partial charge in [-0.15, -0.1) is 10.2 Å². The lowest BCUT2D eigenvalue weighted by Crippen LogP contribution is -2.29. The van der Waals surface area contributed by atoms with Crippen molar-refractivity contribution < 1.29 is 42.1 Å². The average Bonchev–Trinajstić information content (AvgIpc) is 3.56. The molecule has 0 spiro atoms. The summed E-state index contributed by atoms with van der Waals surface area (Å²) in [6.45, 7) is 1.96. The number of aromatic nitrogens is 4. The van der Waals surface area contributed by atoms with Crippen LogP contribution in [0.4, 0.5) is 20.2 Å². The molecule has 0 aliphatic rings. The van der Waals surface area contributed by atoms with Gasteiger partial charge in [-0.2, -0.15) is 13.6 Å². The fraction of sp³-hybridized carbons (Fsp3) is 0.353. The van der Waals surface area contributed by atoms with Crippen molar-refractivity contribution in [3.8, 4) is 11.4 Å². The molecule has 16 heteroatoms. The van der Waals surface area contributed by atoms with E-state index in [0.717, 1.165) is 12.1 Å². The Morgan fingerprint density at radius 3 is 2.22 bits per heavy atom. The van der Waals surface area contributed by atoms with Crippen molar-refractivity contribution in [2.24, 2.45) is 7.05 Å². The van der Waals surface area contributed by atoms with Crippen molar-refractivity contribution in [1.82, 2.24) is 30.8 Å². The molecule has 266 valence electrons. The van der Waals surface area contributed by atoms with E-state index < -0.39 is 17.5 Å². The summed E-state index contributed by atoms with van der Waals surface area (Å²) in [4.78, 5) is 37.9. The highest BCUT2D eigenvalue weighted by atomic mass is 19.3. The number of esters is 1. The highest BCUT2D eigenvalue weighted by Crippen LogP contribution is 2.33. The molecule has 0 atom stereocenters. The maximum absolute atomic E-state index is 14.9. The first kappa shape index (κ1) is 37.5. The summed E-state index contributed by atoms with van der Waals surface area (Å²) in [6.07, 6.45) is 0.295. The van der Waals surface area contributed by atoms with E-state index >= 15 is 0 Å².